The van der Waals surface area contributed by atoms with Gasteiger partial charge in [0, 0.05) is 6.61 Å². The summed E-state index contributed by atoms with van der Waals surface area (Å²) in [4.78, 5) is 0. The molecule has 0 radical (unpaired) electrons. The number of hydrogen-bond donors (Lipinski definition) is 2. The fraction of sp³-hybridized carbons (Fsp3) is 0.947. The number of unbranched alkanes of at least 4 members (excludes halogenated alkanes) is 25. The third kappa shape index (κ3) is 42.1. The Labute approximate surface area is 254 Å². The van der Waals surface area contributed by atoms with Crippen molar-refractivity contribution < 1.29 is 10.2 Å². The molecular weight excluding hydrogens is 488 g/mol. The van der Waals surface area contributed by atoms with Crippen LogP contribution < -0.4 is 0 Å². The van der Waals surface area contributed by atoms with Gasteiger partial charge in [-0.15, -0.1) is 0 Å². The number of aliphatic hydroxyl groups excluding tert-OH is 2. The number of allylic oxidation sites excluding steroid dienone is 2. The van der Waals surface area contributed by atoms with E-state index in [4.69, 9.17) is 5.11 Å². The standard InChI is InChI=1S/C20H42O.C18H36O/c1-3-5-7-9-11-12-13-15-17-19-20(21)18-16-14-10-8-6-4-2;1-2-3-4-5-6-7-8-9-10-11-12-13-14-15-16-17-18-19/h20-21H,3-19H2,1-2H3;9-10,19H,2-8,11-18H2,1H3. The van der Waals surface area contributed by atoms with Gasteiger partial charge in [-0.2, -0.15) is 0 Å². The first-order chi connectivity index (χ1) is 19.7. The van der Waals surface area contributed by atoms with Gasteiger partial charge in [0.25, 0.3) is 0 Å². The van der Waals surface area contributed by atoms with Gasteiger partial charge >= 0.3 is 0 Å². The Hall–Kier alpha value is -0.340. The van der Waals surface area contributed by atoms with Gasteiger partial charge in [0.2, 0.25) is 0 Å². The molecule has 0 fully saturated rings. The summed E-state index contributed by atoms with van der Waals surface area (Å²) in [7, 11) is 0. The number of hydrogen-bond acceptors (Lipinski definition) is 2. The quantitative estimate of drug-likeness (QED) is 0.0628. The number of rotatable bonds is 32. The van der Waals surface area contributed by atoms with Crippen molar-refractivity contribution in [2.75, 3.05) is 6.61 Å². The highest BCUT2D eigenvalue weighted by Crippen LogP contribution is 2.15. The largest absolute Gasteiger partial charge is 0.396 e. The minimum atomic E-state index is -0.0271. The fourth-order valence-corrected chi connectivity index (χ4v) is 5.35. The zero-order valence-corrected chi connectivity index (χ0v) is 28.3. The smallest absolute Gasteiger partial charge is 0.0540 e. The zero-order chi connectivity index (χ0) is 29.6. The van der Waals surface area contributed by atoms with Gasteiger partial charge in [-0.1, -0.05) is 187 Å². The average Bonchev–Trinajstić information content (AvgIpc) is 2.96. The molecule has 0 aliphatic heterocycles. The molecule has 2 nitrogen and oxygen atoms in total. The van der Waals surface area contributed by atoms with Gasteiger partial charge < -0.3 is 10.2 Å². The summed E-state index contributed by atoms with van der Waals surface area (Å²) < 4.78 is 0. The molecule has 0 saturated carbocycles. The summed E-state index contributed by atoms with van der Waals surface area (Å²) in [5.74, 6) is 0. The van der Waals surface area contributed by atoms with E-state index in [1.807, 2.05) is 0 Å². The Balaban J connectivity index is 0. The van der Waals surface area contributed by atoms with Crippen LogP contribution in [0.3, 0.4) is 0 Å². The highest BCUT2D eigenvalue weighted by molar-refractivity contribution is 4.81. The van der Waals surface area contributed by atoms with Crippen LogP contribution in [0.4, 0.5) is 0 Å². The van der Waals surface area contributed by atoms with E-state index in [1.165, 1.54) is 180 Å². The lowest BCUT2D eigenvalue weighted by Gasteiger charge is -2.10. The van der Waals surface area contributed by atoms with Crippen LogP contribution in [-0.4, -0.2) is 22.9 Å². The van der Waals surface area contributed by atoms with E-state index in [-0.39, 0.29) is 6.10 Å². The third-order valence-corrected chi connectivity index (χ3v) is 8.20. The Morgan fingerprint density at radius 2 is 0.650 bits per heavy atom. The van der Waals surface area contributed by atoms with Crippen molar-refractivity contribution >= 4 is 0 Å². The molecule has 0 spiro atoms. The first-order valence-corrected chi connectivity index (χ1v) is 18.7. The van der Waals surface area contributed by atoms with Crippen LogP contribution in [0.15, 0.2) is 12.2 Å². The van der Waals surface area contributed by atoms with Gasteiger partial charge in [0.05, 0.1) is 6.10 Å². The molecule has 2 heteroatoms. The second-order valence-electron chi connectivity index (χ2n) is 12.5. The molecule has 0 heterocycles. The zero-order valence-electron chi connectivity index (χ0n) is 28.3. The average molecular weight is 567 g/mol. The van der Waals surface area contributed by atoms with E-state index in [9.17, 15) is 5.11 Å². The van der Waals surface area contributed by atoms with E-state index in [1.54, 1.807) is 0 Å². The Bertz CT molecular complexity index is 433. The normalized spacial score (nSPS) is 12.1. The summed E-state index contributed by atoms with van der Waals surface area (Å²) in [6.07, 6.45) is 45.6. The van der Waals surface area contributed by atoms with Gasteiger partial charge in [-0.05, 0) is 44.9 Å². The van der Waals surface area contributed by atoms with Crippen molar-refractivity contribution in [2.45, 2.75) is 226 Å². The minimum Gasteiger partial charge on any atom is -0.396 e. The highest BCUT2D eigenvalue weighted by atomic mass is 16.3. The molecule has 2 N–H and O–H groups in total. The second kappa shape index (κ2) is 40.8. The second-order valence-corrected chi connectivity index (χ2v) is 12.5. The van der Waals surface area contributed by atoms with Crippen LogP contribution in [-0.2, 0) is 0 Å². The minimum absolute atomic E-state index is 0.0271. The van der Waals surface area contributed by atoms with Crippen LogP contribution in [0, 0.1) is 0 Å². The first-order valence-electron chi connectivity index (χ1n) is 18.7. The highest BCUT2D eigenvalue weighted by Gasteiger charge is 2.03. The van der Waals surface area contributed by atoms with Crippen molar-refractivity contribution in [2.24, 2.45) is 0 Å². The fourth-order valence-electron chi connectivity index (χ4n) is 5.35. The van der Waals surface area contributed by atoms with E-state index < -0.39 is 0 Å². The van der Waals surface area contributed by atoms with Gasteiger partial charge in [-0.3, -0.25) is 0 Å². The Morgan fingerprint density at radius 3 is 0.975 bits per heavy atom. The van der Waals surface area contributed by atoms with Crippen molar-refractivity contribution in [3.05, 3.63) is 12.2 Å². The number of aliphatic hydroxyl groups is 2. The van der Waals surface area contributed by atoms with Crippen molar-refractivity contribution in [3.8, 4) is 0 Å². The maximum Gasteiger partial charge on any atom is 0.0540 e. The van der Waals surface area contributed by atoms with Crippen LogP contribution in [0.25, 0.3) is 0 Å². The molecule has 0 bridgehead atoms. The molecule has 1 unspecified atom stereocenters. The van der Waals surface area contributed by atoms with Crippen LogP contribution in [0.5, 0.6) is 0 Å². The molecule has 0 aromatic carbocycles. The molecular formula is C38H78O2. The SMILES string of the molecule is CCCCCCCCC=CCCCCCCCCO.CCCCCCCCCCCC(O)CCCCCCCC. The summed E-state index contributed by atoms with van der Waals surface area (Å²) >= 11 is 0. The summed E-state index contributed by atoms with van der Waals surface area (Å²) in [5, 5.41) is 18.6. The molecule has 0 aromatic heterocycles. The summed E-state index contributed by atoms with van der Waals surface area (Å²) in [6, 6.07) is 0. The lowest BCUT2D eigenvalue weighted by molar-refractivity contribution is 0.147. The maximum absolute atomic E-state index is 9.95. The maximum atomic E-state index is 9.95. The van der Waals surface area contributed by atoms with Crippen molar-refractivity contribution in [1.82, 2.24) is 0 Å². The van der Waals surface area contributed by atoms with Gasteiger partial charge in [0.1, 0.15) is 0 Å². The summed E-state index contributed by atoms with van der Waals surface area (Å²) in [5.41, 5.74) is 0. The van der Waals surface area contributed by atoms with Crippen molar-refractivity contribution in [3.63, 3.8) is 0 Å². The van der Waals surface area contributed by atoms with Crippen molar-refractivity contribution in [1.29, 1.82) is 0 Å². The molecule has 1 atom stereocenters. The predicted molar refractivity (Wildman–Crippen MR) is 182 cm³/mol. The topological polar surface area (TPSA) is 40.5 Å². The molecule has 0 saturated heterocycles. The van der Waals surface area contributed by atoms with Gasteiger partial charge in [0.15, 0.2) is 0 Å². The first kappa shape index (κ1) is 41.8. The van der Waals surface area contributed by atoms with Crippen LogP contribution in [0.2, 0.25) is 0 Å². The van der Waals surface area contributed by atoms with E-state index in [0.29, 0.717) is 6.61 Å². The van der Waals surface area contributed by atoms with Crippen LogP contribution in [0.1, 0.15) is 220 Å². The lowest BCUT2D eigenvalue weighted by Crippen LogP contribution is -2.05. The van der Waals surface area contributed by atoms with E-state index >= 15 is 0 Å². The molecule has 40 heavy (non-hydrogen) atoms. The Morgan fingerprint density at radius 1 is 0.375 bits per heavy atom. The third-order valence-electron chi connectivity index (χ3n) is 8.20. The molecule has 0 amide bonds. The molecule has 0 rings (SSSR count). The monoisotopic (exact) mass is 567 g/mol. The molecule has 0 aromatic rings. The lowest BCUT2D eigenvalue weighted by atomic mass is 10.0. The van der Waals surface area contributed by atoms with Crippen LogP contribution >= 0.6 is 0 Å². The predicted octanol–water partition coefficient (Wildman–Crippen LogP) is 13.0. The Kier molecular flexibility index (Phi) is 42.6. The van der Waals surface area contributed by atoms with Gasteiger partial charge in [-0.25, -0.2) is 0 Å². The summed E-state index contributed by atoms with van der Waals surface area (Å²) in [6.45, 7) is 7.17. The molecule has 0 aliphatic rings. The van der Waals surface area contributed by atoms with E-state index in [0.717, 1.165) is 19.3 Å². The van der Waals surface area contributed by atoms with E-state index in [2.05, 4.69) is 32.9 Å². The molecule has 0 aliphatic carbocycles. The molecule has 242 valence electrons.